The highest BCUT2D eigenvalue weighted by molar-refractivity contribution is 5.50. The lowest BCUT2D eigenvalue weighted by atomic mass is 9.87. The molecule has 0 aliphatic carbocycles. The molecule has 0 spiro atoms. The molecule has 2 unspecified atom stereocenters. The van der Waals surface area contributed by atoms with Crippen molar-refractivity contribution in [3.63, 3.8) is 0 Å². The Morgan fingerprint density at radius 3 is 2.47 bits per heavy atom. The van der Waals surface area contributed by atoms with Gasteiger partial charge in [0.2, 0.25) is 0 Å². The first-order valence-electron chi connectivity index (χ1n) is 7.63. The highest BCUT2D eigenvalue weighted by atomic mass is 15.2. The van der Waals surface area contributed by atoms with Crippen LogP contribution in [0.1, 0.15) is 39.2 Å². The molecule has 2 saturated heterocycles. The van der Waals surface area contributed by atoms with E-state index in [1.54, 1.807) is 0 Å². The van der Waals surface area contributed by atoms with Crippen LogP contribution in [0, 0.1) is 5.92 Å². The molecule has 2 aliphatic rings. The summed E-state index contributed by atoms with van der Waals surface area (Å²) < 4.78 is 0. The number of piperidine rings is 1. The molecule has 1 aromatic rings. The molecule has 1 N–H and O–H groups in total. The second kappa shape index (κ2) is 4.82. The van der Waals surface area contributed by atoms with E-state index in [1.165, 1.54) is 43.7 Å². The molecule has 2 heteroatoms. The van der Waals surface area contributed by atoms with Crippen LogP contribution in [0.3, 0.4) is 0 Å². The molecule has 0 aromatic heterocycles. The lowest BCUT2D eigenvalue weighted by Crippen LogP contribution is -2.40. The van der Waals surface area contributed by atoms with Crippen molar-refractivity contribution in [1.82, 2.24) is 5.32 Å². The molecule has 104 valence electrons. The molecule has 2 aliphatic heterocycles. The zero-order chi connectivity index (χ0) is 13.5. The first-order chi connectivity index (χ1) is 9.04. The summed E-state index contributed by atoms with van der Waals surface area (Å²) in [6.07, 6.45) is 2.74. The first-order valence-corrected chi connectivity index (χ1v) is 7.63. The Bertz CT molecular complexity index is 416. The molecule has 3 rings (SSSR count). The van der Waals surface area contributed by atoms with E-state index in [0.29, 0.717) is 0 Å². The quantitative estimate of drug-likeness (QED) is 0.832. The third kappa shape index (κ3) is 2.64. The van der Waals surface area contributed by atoms with Gasteiger partial charge in [0.1, 0.15) is 0 Å². The fraction of sp³-hybridized carbons (Fsp3) is 0.647. The monoisotopic (exact) mass is 258 g/mol. The molecular formula is C17H26N2. The number of rotatable bonds is 1. The zero-order valence-corrected chi connectivity index (χ0v) is 12.4. The first kappa shape index (κ1) is 13.0. The summed E-state index contributed by atoms with van der Waals surface area (Å²) in [7, 11) is 0. The van der Waals surface area contributed by atoms with Crippen molar-refractivity contribution in [3.8, 4) is 0 Å². The van der Waals surface area contributed by atoms with E-state index in [0.717, 1.165) is 12.0 Å². The van der Waals surface area contributed by atoms with Crippen LogP contribution >= 0.6 is 0 Å². The van der Waals surface area contributed by atoms with Gasteiger partial charge in [-0.2, -0.15) is 0 Å². The molecule has 19 heavy (non-hydrogen) atoms. The van der Waals surface area contributed by atoms with Gasteiger partial charge in [0.15, 0.2) is 0 Å². The number of hydrogen-bond acceptors (Lipinski definition) is 2. The number of hydrogen-bond donors (Lipinski definition) is 1. The smallest absolute Gasteiger partial charge is 0.0367 e. The van der Waals surface area contributed by atoms with Crippen molar-refractivity contribution in [1.29, 1.82) is 0 Å². The standard InChI is InChI=1S/C17H26N2/c1-17(2,3)14-6-8-15(9-7-14)19-11-13-5-4-10-18-16(13)12-19/h6-9,13,16,18H,4-5,10-12H2,1-3H3. The van der Waals surface area contributed by atoms with Crippen LogP contribution in [0.2, 0.25) is 0 Å². The summed E-state index contributed by atoms with van der Waals surface area (Å²) in [5.41, 5.74) is 3.06. The number of nitrogens with zero attached hydrogens (tertiary/aromatic N) is 1. The van der Waals surface area contributed by atoms with E-state index in [-0.39, 0.29) is 5.41 Å². The van der Waals surface area contributed by atoms with E-state index >= 15 is 0 Å². The maximum absolute atomic E-state index is 3.67. The lowest BCUT2D eigenvalue weighted by molar-refractivity contribution is 0.340. The second-order valence-electron chi connectivity index (χ2n) is 7.16. The largest absolute Gasteiger partial charge is 0.370 e. The average molecular weight is 258 g/mol. The minimum absolute atomic E-state index is 0.249. The Balaban J connectivity index is 1.73. The van der Waals surface area contributed by atoms with Gasteiger partial charge in [-0.3, -0.25) is 0 Å². The number of nitrogens with one attached hydrogen (secondary N) is 1. The van der Waals surface area contributed by atoms with Gasteiger partial charge in [0, 0.05) is 24.8 Å². The van der Waals surface area contributed by atoms with Gasteiger partial charge in [0.25, 0.3) is 0 Å². The normalized spacial score (nSPS) is 27.4. The summed E-state index contributed by atoms with van der Waals surface area (Å²) in [4.78, 5) is 2.56. The van der Waals surface area contributed by atoms with Crippen LogP contribution < -0.4 is 10.2 Å². The minimum atomic E-state index is 0.249. The predicted molar refractivity (Wildman–Crippen MR) is 81.9 cm³/mol. The number of fused-ring (bicyclic) bond motifs is 1. The Hall–Kier alpha value is -1.02. The van der Waals surface area contributed by atoms with E-state index in [4.69, 9.17) is 0 Å². The van der Waals surface area contributed by atoms with Crippen LogP contribution in [-0.4, -0.2) is 25.7 Å². The average Bonchev–Trinajstić information content (AvgIpc) is 2.81. The Labute approximate surface area is 117 Å². The molecule has 0 amide bonds. The van der Waals surface area contributed by atoms with Crippen molar-refractivity contribution in [3.05, 3.63) is 29.8 Å². The summed E-state index contributed by atoms with van der Waals surface area (Å²) in [5, 5.41) is 3.67. The number of benzene rings is 1. The van der Waals surface area contributed by atoms with Crippen LogP contribution in [-0.2, 0) is 5.41 Å². The fourth-order valence-corrected chi connectivity index (χ4v) is 3.43. The summed E-state index contributed by atoms with van der Waals surface area (Å²) in [6.45, 7) is 10.4. The van der Waals surface area contributed by atoms with Gasteiger partial charge in [-0.15, -0.1) is 0 Å². The van der Waals surface area contributed by atoms with Crippen molar-refractivity contribution >= 4 is 5.69 Å². The van der Waals surface area contributed by atoms with Crippen LogP contribution in [0.15, 0.2) is 24.3 Å². The lowest BCUT2D eigenvalue weighted by Gasteiger charge is -2.24. The van der Waals surface area contributed by atoms with Crippen LogP contribution in [0.4, 0.5) is 5.69 Å². The van der Waals surface area contributed by atoms with Crippen LogP contribution in [0.25, 0.3) is 0 Å². The van der Waals surface area contributed by atoms with Crippen molar-refractivity contribution in [2.24, 2.45) is 5.92 Å². The second-order valence-corrected chi connectivity index (χ2v) is 7.16. The van der Waals surface area contributed by atoms with Crippen LogP contribution in [0.5, 0.6) is 0 Å². The van der Waals surface area contributed by atoms with Gasteiger partial charge < -0.3 is 10.2 Å². The molecule has 0 saturated carbocycles. The van der Waals surface area contributed by atoms with Crippen molar-refractivity contribution in [2.75, 3.05) is 24.5 Å². The minimum Gasteiger partial charge on any atom is -0.370 e. The predicted octanol–water partition coefficient (Wildman–Crippen LogP) is 3.17. The molecule has 0 bridgehead atoms. The highest BCUT2D eigenvalue weighted by Gasteiger charge is 2.34. The summed E-state index contributed by atoms with van der Waals surface area (Å²) in [5.74, 6) is 0.857. The molecular weight excluding hydrogens is 232 g/mol. The third-order valence-corrected chi connectivity index (χ3v) is 4.70. The molecule has 1 aromatic carbocycles. The number of anilines is 1. The van der Waals surface area contributed by atoms with Crippen molar-refractivity contribution in [2.45, 2.75) is 45.1 Å². The molecule has 0 radical (unpaired) electrons. The van der Waals surface area contributed by atoms with E-state index < -0.39 is 0 Å². The molecule has 2 atom stereocenters. The summed E-state index contributed by atoms with van der Waals surface area (Å²) >= 11 is 0. The Morgan fingerprint density at radius 1 is 1.11 bits per heavy atom. The summed E-state index contributed by atoms with van der Waals surface area (Å²) in [6, 6.07) is 9.92. The van der Waals surface area contributed by atoms with Gasteiger partial charge >= 0.3 is 0 Å². The Kier molecular flexibility index (Phi) is 3.30. The zero-order valence-electron chi connectivity index (χ0n) is 12.4. The molecule has 2 nitrogen and oxygen atoms in total. The van der Waals surface area contributed by atoms with Gasteiger partial charge in [0.05, 0.1) is 0 Å². The fourth-order valence-electron chi connectivity index (χ4n) is 3.43. The molecule has 2 fully saturated rings. The van der Waals surface area contributed by atoms with Gasteiger partial charge in [-0.25, -0.2) is 0 Å². The van der Waals surface area contributed by atoms with Gasteiger partial charge in [-0.1, -0.05) is 32.9 Å². The van der Waals surface area contributed by atoms with E-state index in [2.05, 4.69) is 55.3 Å². The van der Waals surface area contributed by atoms with Gasteiger partial charge in [-0.05, 0) is 48.4 Å². The van der Waals surface area contributed by atoms with E-state index in [1.807, 2.05) is 0 Å². The van der Waals surface area contributed by atoms with E-state index in [9.17, 15) is 0 Å². The highest BCUT2D eigenvalue weighted by Crippen LogP contribution is 2.30. The molecule has 2 heterocycles. The van der Waals surface area contributed by atoms with Crippen molar-refractivity contribution < 1.29 is 0 Å². The Morgan fingerprint density at radius 2 is 1.84 bits per heavy atom. The topological polar surface area (TPSA) is 15.3 Å². The maximum Gasteiger partial charge on any atom is 0.0367 e. The maximum atomic E-state index is 3.67. The SMILES string of the molecule is CC(C)(C)c1ccc(N2CC3CCCNC3C2)cc1. The third-order valence-electron chi connectivity index (χ3n) is 4.70.